The van der Waals surface area contributed by atoms with E-state index in [0.29, 0.717) is 29.1 Å². The first-order valence-corrected chi connectivity index (χ1v) is 7.01. The number of amides is 1. The standard InChI is InChI=1S/C11H18N4O2S/c1-12-11-14-13-9(18-11)10(17)15(6-3-7-16)8-4-2-5-8/h8,16H,2-7H2,1H3,(H,12,14). The number of rotatable bonds is 6. The Morgan fingerprint density at radius 1 is 1.56 bits per heavy atom. The zero-order valence-corrected chi connectivity index (χ0v) is 11.2. The van der Waals surface area contributed by atoms with Crippen molar-refractivity contribution in [3.8, 4) is 0 Å². The van der Waals surface area contributed by atoms with Crippen molar-refractivity contribution in [2.45, 2.75) is 31.7 Å². The fraction of sp³-hybridized carbons (Fsp3) is 0.727. The summed E-state index contributed by atoms with van der Waals surface area (Å²) >= 11 is 1.27. The van der Waals surface area contributed by atoms with E-state index in [1.54, 1.807) is 7.05 Å². The number of aliphatic hydroxyl groups excluding tert-OH is 1. The van der Waals surface area contributed by atoms with E-state index in [-0.39, 0.29) is 12.5 Å². The van der Waals surface area contributed by atoms with E-state index in [1.165, 1.54) is 17.8 Å². The molecule has 7 heteroatoms. The number of hydrogen-bond donors (Lipinski definition) is 2. The summed E-state index contributed by atoms with van der Waals surface area (Å²) in [5.74, 6) is -0.0628. The third-order valence-electron chi connectivity index (χ3n) is 3.16. The van der Waals surface area contributed by atoms with Gasteiger partial charge >= 0.3 is 0 Å². The van der Waals surface area contributed by atoms with Gasteiger partial charge in [-0.3, -0.25) is 4.79 Å². The van der Waals surface area contributed by atoms with Crippen LogP contribution in [0.5, 0.6) is 0 Å². The lowest BCUT2D eigenvalue weighted by molar-refractivity contribution is 0.0561. The number of carbonyl (C=O) groups is 1. The third kappa shape index (κ3) is 2.78. The molecule has 1 aromatic rings. The van der Waals surface area contributed by atoms with E-state index in [9.17, 15) is 4.79 Å². The summed E-state index contributed by atoms with van der Waals surface area (Å²) in [5, 5.41) is 20.6. The average Bonchev–Trinajstić information content (AvgIpc) is 2.79. The summed E-state index contributed by atoms with van der Waals surface area (Å²) in [6.45, 7) is 0.697. The molecule has 0 aromatic carbocycles. The molecule has 0 bridgehead atoms. The molecule has 18 heavy (non-hydrogen) atoms. The van der Waals surface area contributed by atoms with Crippen molar-refractivity contribution in [1.29, 1.82) is 0 Å². The minimum atomic E-state index is -0.0628. The largest absolute Gasteiger partial charge is 0.396 e. The molecule has 1 aromatic heterocycles. The Hall–Kier alpha value is -1.21. The van der Waals surface area contributed by atoms with Crippen LogP contribution in [0.1, 0.15) is 35.5 Å². The minimum absolute atomic E-state index is 0.0628. The number of nitrogens with one attached hydrogen (secondary N) is 1. The Bertz CT molecular complexity index is 406. The first-order chi connectivity index (χ1) is 8.76. The van der Waals surface area contributed by atoms with Crippen LogP contribution >= 0.6 is 11.3 Å². The van der Waals surface area contributed by atoms with Crippen LogP contribution in [0, 0.1) is 0 Å². The number of anilines is 1. The topological polar surface area (TPSA) is 78.4 Å². The van der Waals surface area contributed by atoms with Gasteiger partial charge in [-0.2, -0.15) is 0 Å². The van der Waals surface area contributed by atoms with Gasteiger partial charge in [0.1, 0.15) is 0 Å². The maximum atomic E-state index is 12.3. The Morgan fingerprint density at radius 2 is 2.33 bits per heavy atom. The van der Waals surface area contributed by atoms with Crippen LogP contribution in [-0.4, -0.2) is 52.4 Å². The first kappa shape index (κ1) is 13.2. The van der Waals surface area contributed by atoms with Gasteiger partial charge < -0.3 is 15.3 Å². The molecule has 0 saturated heterocycles. The Balaban J connectivity index is 2.06. The van der Waals surface area contributed by atoms with Crippen LogP contribution in [0.15, 0.2) is 0 Å². The molecule has 1 saturated carbocycles. The van der Waals surface area contributed by atoms with E-state index in [1.807, 2.05) is 4.90 Å². The Labute approximate surface area is 110 Å². The number of nitrogens with zero attached hydrogens (tertiary/aromatic N) is 3. The van der Waals surface area contributed by atoms with Crippen LogP contribution in [0.3, 0.4) is 0 Å². The molecular formula is C11H18N4O2S. The van der Waals surface area contributed by atoms with Gasteiger partial charge in [-0.25, -0.2) is 0 Å². The molecule has 2 N–H and O–H groups in total. The van der Waals surface area contributed by atoms with Crippen molar-refractivity contribution in [3.05, 3.63) is 5.01 Å². The second-order valence-electron chi connectivity index (χ2n) is 4.32. The van der Waals surface area contributed by atoms with E-state index >= 15 is 0 Å². The fourth-order valence-corrected chi connectivity index (χ4v) is 2.58. The number of hydrogen-bond acceptors (Lipinski definition) is 6. The highest BCUT2D eigenvalue weighted by atomic mass is 32.1. The van der Waals surface area contributed by atoms with Crippen LogP contribution in [0.2, 0.25) is 0 Å². The van der Waals surface area contributed by atoms with Gasteiger partial charge in [0.15, 0.2) is 0 Å². The van der Waals surface area contributed by atoms with Gasteiger partial charge in [0.2, 0.25) is 10.1 Å². The van der Waals surface area contributed by atoms with Crippen LogP contribution < -0.4 is 5.32 Å². The van der Waals surface area contributed by atoms with Gasteiger partial charge in [-0.15, -0.1) is 10.2 Å². The molecule has 100 valence electrons. The number of aliphatic hydroxyl groups is 1. The van der Waals surface area contributed by atoms with Crippen molar-refractivity contribution in [3.63, 3.8) is 0 Å². The first-order valence-electron chi connectivity index (χ1n) is 6.19. The monoisotopic (exact) mass is 270 g/mol. The smallest absolute Gasteiger partial charge is 0.285 e. The molecule has 6 nitrogen and oxygen atoms in total. The maximum absolute atomic E-state index is 12.3. The Morgan fingerprint density at radius 3 is 2.83 bits per heavy atom. The predicted molar refractivity (Wildman–Crippen MR) is 69.8 cm³/mol. The molecule has 0 atom stereocenters. The van der Waals surface area contributed by atoms with Gasteiger partial charge in [-0.05, 0) is 25.7 Å². The SMILES string of the molecule is CNc1nnc(C(=O)N(CCCO)C2CCC2)s1. The summed E-state index contributed by atoms with van der Waals surface area (Å²) in [4.78, 5) is 14.2. The van der Waals surface area contributed by atoms with Crippen LogP contribution in [0.4, 0.5) is 5.13 Å². The van der Waals surface area contributed by atoms with Crippen molar-refractivity contribution in [1.82, 2.24) is 15.1 Å². The zero-order valence-electron chi connectivity index (χ0n) is 10.4. The predicted octanol–water partition coefficient (Wildman–Crippen LogP) is 0.957. The van der Waals surface area contributed by atoms with Gasteiger partial charge in [-0.1, -0.05) is 11.3 Å². The molecule has 0 radical (unpaired) electrons. The molecule has 1 amide bonds. The molecule has 0 unspecified atom stereocenters. The second kappa shape index (κ2) is 6.10. The lowest BCUT2D eigenvalue weighted by Crippen LogP contribution is -2.44. The molecule has 0 spiro atoms. The van der Waals surface area contributed by atoms with Gasteiger partial charge in [0.25, 0.3) is 5.91 Å². The fourth-order valence-electron chi connectivity index (χ4n) is 1.92. The van der Waals surface area contributed by atoms with Gasteiger partial charge in [0.05, 0.1) is 0 Å². The number of aromatic nitrogens is 2. The summed E-state index contributed by atoms with van der Waals surface area (Å²) in [5.41, 5.74) is 0. The molecule has 2 rings (SSSR count). The highest BCUT2D eigenvalue weighted by Crippen LogP contribution is 2.27. The highest BCUT2D eigenvalue weighted by molar-refractivity contribution is 7.17. The Kier molecular flexibility index (Phi) is 4.48. The van der Waals surface area contributed by atoms with Crippen LogP contribution in [0.25, 0.3) is 0 Å². The molecule has 0 aliphatic heterocycles. The third-order valence-corrected chi connectivity index (χ3v) is 4.08. The maximum Gasteiger partial charge on any atom is 0.285 e. The van der Waals surface area contributed by atoms with Crippen molar-refractivity contribution in [2.75, 3.05) is 25.5 Å². The van der Waals surface area contributed by atoms with Crippen molar-refractivity contribution < 1.29 is 9.90 Å². The summed E-state index contributed by atoms with van der Waals surface area (Å²) < 4.78 is 0. The second-order valence-corrected chi connectivity index (χ2v) is 5.30. The molecular weight excluding hydrogens is 252 g/mol. The van der Waals surface area contributed by atoms with E-state index in [4.69, 9.17) is 5.11 Å². The average molecular weight is 270 g/mol. The van der Waals surface area contributed by atoms with Gasteiger partial charge in [0, 0.05) is 26.2 Å². The van der Waals surface area contributed by atoms with Crippen molar-refractivity contribution in [2.24, 2.45) is 0 Å². The lowest BCUT2D eigenvalue weighted by atomic mass is 9.91. The van der Waals surface area contributed by atoms with E-state index in [2.05, 4.69) is 15.5 Å². The molecule has 1 aliphatic carbocycles. The van der Waals surface area contributed by atoms with Crippen molar-refractivity contribution >= 4 is 22.4 Å². The summed E-state index contributed by atoms with van der Waals surface area (Å²) in [6.07, 6.45) is 3.88. The molecule has 1 fully saturated rings. The molecule has 1 heterocycles. The quantitative estimate of drug-likeness (QED) is 0.805. The van der Waals surface area contributed by atoms with Crippen LogP contribution in [-0.2, 0) is 0 Å². The lowest BCUT2D eigenvalue weighted by Gasteiger charge is -2.37. The minimum Gasteiger partial charge on any atom is -0.396 e. The van der Waals surface area contributed by atoms with E-state index in [0.717, 1.165) is 12.8 Å². The highest BCUT2D eigenvalue weighted by Gasteiger charge is 2.30. The summed E-state index contributed by atoms with van der Waals surface area (Å²) in [7, 11) is 1.75. The summed E-state index contributed by atoms with van der Waals surface area (Å²) in [6, 6.07) is 0.311. The normalized spacial score (nSPS) is 15.2. The molecule has 1 aliphatic rings. The zero-order chi connectivity index (χ0) is 13.0. The van der Waals surface area contributed by atoms with E-state index < -0.39 is 0 Å². The number of carbonyl (C=O) groups excluding carboxylic acids is 1.